The second-order valence-electron chi connectivity index (χ2n) is 13.0. The number of aromatic nitrogens is 2. The average Bonchev–Trinajstić information content (AvgIpc) is 3.32. The highest BCUT2D eigenvalue weighted by molar-refractivity contribution is 6.30. The molecule has 2 aromatic carbocycles. The van der Waals surface area contributed by atoms with E-state index >= 15 is 0 Å². The number of likely N-dealkylation sites (tertiary alicyclic amines) is 1. The van der Waals surface area contributed by atoms with Crippen LogP contribution in [0.3, 0.4) is 0 Å². The molecule has 0 spiro atoms. The van der Waals surface area contributed by atoms with Crippen molar-refractivity contribution in [2.24, 2.45) is 0 Å². The van der Waals surface area contributed by atoms with Gasteiger partial charge >= 0.3 is 0 Å². The standard InChI is InChI=1S/C35H40ClN7O3/c1-22-30-18-25(4-7-29(30)34(46)43(22)31-8-9-32(44)40-33(31)45)24-10-14-41(15-11-24)21-23-2-5-28(6-3-23)42-16-12-27(13-17-42)39-35-37-19-26(36)20-38-35/h2-7,18-20,22,24,27,31H,8-17,21H2,1H3,(H,37,38,39)(H,40,44,45)/t22-,31+/m1/s1. The van der Waals surface area contributed by atoms with Crippen LogP contribution < -0.4 is 15.5 Å². The van der Waals surface area contributed by atoms with E-state index in [1.54, 1.807) is 17.3 Å². The van der Waals surface area contributed by atoms with Gasteiger partial charge in [-0.05, 0) is 92.9 Å². The molecule has 4 aliphatic heterocycles. The van der Waals surface area contributed by atoms with E-state index in [1.165, 1.54) is 16.8 Å². The Labute approximate surface area is 274 Å². The first-order valence-corrected chi connectivity index (χ1v) is 16.8. The summed E-state index contributed by atoms with van der Waals surface area (Å²) in [6.07, 6.45) is 8.07. The highest BCUT2D eigenvalue weighted by Crippen LogP contribution is 2.39. The van der Waals surface area contributed by atoms with Gasteiger partial charge < -0.3 is 15.1 Å². The van der Waals surface area contributed by atoms with E-state index < -0.39 is 6.04 Å². The number of hydrogen-bond donors (Lipinski definition) is 2. The quantitative estimate of drug-likeness (QED) is 0.350. The third kappa shape index (κ3) is 6.33. The lowest BCUT2D eigenvalue weighted by Gasteiger charge is -2.34. The third-order valence-corrected chi connectivity index (χ3v) is 10.4. The molecule has 3 fully saturated rings. The molecule has 7 rings (SSSR count). The molecule has 2 atom stereocenters. The molecule has 240 valence electrons. The van der Waals surface area contributed by atoms with E-state index in [9.17, 15) is 14.4 Å². The number of hydrogen-bond acceptors (Lipinski definition) is 8. The predicted molar refractivity (Wildman–Crippen MR) is 177 cm³/mol. The highest BCUT2D eigenvalue weighted by Gasteiger charge is 2.43. The van der Waals surface area contributed by atoms with Crippen molar-refractivity contribution in [1.82, 2.24) is 25.1 Å². The fraction of sp³-hybridized carbons (Fsp3) is 0.457. The lowest BCUT2D eigenvalue weighted by Crippen LogP contribution is -2.53. The van der Waals surface area contributed by atoms with Crippen molar-refractivity contribution in [2.75, 3.05) is 36.4 Å². The van der Waals surface area contributed by atoms with E-state index in [1.807, 2.05) is 13.0 Å². The van der Waals surface area contributed by atoms with Crippen LogP contribution in [0.4, 0.5) is 11.6 Å². The molecule has 3 saturated heterocycles. The summed E-state index contributed by atoms with van der Waals surface area (Å²) in [5.41, 5.74) is 5.54. The number of amides is 3. The topological polar surface area (TPSA) is 111 Å². The molecule has 11 heteroatoms. The number of carbonyl (C=O) groups is 3. The summed E-state index contributed by atoms with van der Waals surface area (Å²) in [6, 6.07) is 14.8. The second kappa shape index (κ2) is 13.0. The van der Waals surface area contributed by atoms with Gasteiger partial charge in [0, 0.05) is 43.3 Å². The fourth-order valence-electron chi connectivity index (χ4n) is 7.55. The normalized spacial score (nSPS) is 23.0. The van der Waals surface area contributed by atoms with Crippen LogP contribution in [0.1, 0.15) is 84.5 Å². The molecular weight excluding hydrogens is 602 g/mol. The van der Waals surface area contributed by atoms with Gasteiger partial charge in [-0.1, -0.05) is 35.9 Å². The Hall–Kier alpha value is -4.02. The Balaban J connectivity index is 0.896. The summed E-state index contributed by atoms with van der Waals surface area (Å²) in [5.74, 6) is 0.323. The molecule has 0 radical (unpaired) electrons. The minimum Gasteiger partial charge on any atom is -0.371 e. The number of carbonyl (C=O) groups excluding carboxylic acids is 3. The van der Waals surface area contributed by atoms with Crippen LogP contribution in [-0.4, -0.2) is 75.8 Å². The minimum atomic E-state index is -0.598. The maximum absolute atomic E-state index is 13.3. The summed E-state index contributed by atoms with van der Waals surface area (Å²) in [4.78, 5) is 52.6. The number of rotatable bonds is 7. The van der Waals surface area contributed by atoms with Crippen molar-refractivity contribution in [3.05, 3.63) is 82.1 Å². The van der Waals surface area contributed by atoms with Gasteiger partial charge in [0.2, 0.25) is 17.8 Å². The first-order valence-electron chi connectivity index (χ1n) is 16.4. The van der Waals surface area contributed by atoms with Gasteiger partial charge in [0.25, 0.3) is 5.91 Å². The van der Waals surface area contributed by atoms with Crippen molar-refractivity contribution in [1.29, 1.82) is 0 Å². The van der Waals surface area contributed by atoms with Crippen molar-refractivity contribution >= 4 is 41.0 Å². The van der Waals surface area contributed by atoms with Gasteiger partial charge in [-0.25, -0.2) is 9.97 Å². The number of nitrogens with zero attached hydrogens (tertiary/aromatic N) is 5. The summed E-state index contributed by atoms with van der Waals surface area (Å²) in [5, 5.41) is 6.37. The Morgan fingerprint density at radius 2 is 1.63 bits per heavy atom. The van der Waals surface area contributed by atoms with Crippen molar-refractivity contribution in [3.8, 4) is 0 Å². The van der Waals surface area contributed by atoms with E-state index in [4.69, 9.17) is 11.6 Å². The van der Waals surface area contributed by atoms with Crippen molar-refractivity contribution < 1.29 is 14.4 Å². The Bertz CT molecular complexity index is 1600. The zero-order valence-corrected chi connectivity index (χ0v) is 26.9. The molecule has 46 heavy (non-hydrogen) atoms. The van der Waals surface area contributed by atoms with Gasteiger partial charge in [0.1, 0.15) is 6.04 Å². The minimum absolute atomic E-state index is 0.116. The SMILES string of the molecule is C[C@@H]1c2cc(C3CCN(Cc4ccc(N5CCC(Nc6ncc(Cl)cn6)CC5)cc4)CC3)ccc2C(=O)N1[C@H]1CCC(=O)NC1=O. The van der Waals surface area contributed by atoms with Crippen LogP contribution in [-0.2, 0) is 16.1 Å². The molecule has 3 amide bonds. The zero-order valence-electron chi connectivity index (χ0n) is 26.1. The van der Waals surface area contributed by atoms with E-state index in [0.717, 1.165) is 64.0 Å². The van der Waals surface area contributed by atoms with Gasteiger partial charge in [0.05, 0.1) is 23.5 Å². The molecule has 10 nitrogen and oxygen atoms in total. The first kappa shape index (κ1) is 30.6. The number of anilines is 2. The lowest BCUT2D eigenvalue weighted by atomic mass is 9.87. The zero-order chi connectivity index (χ0) is 31.8. The molecule has 1 aromatic heterocycles. The number of imide groups is 1. The molecule has 0 saturated carbocycles. The lowest BCUT2D eigenvalue weighted by molar-refractivity contribution is -0.137. The van der Waals surface area contributed by atoms with E-state index in [2.05, 4.69) is 66.8 Å². The van der Waals surface area contributed by atoms with Crippen LogP contribution in [0.15, 0.2) is 54.9 Å². The van der Waals surface area contributed by atoms with Crippen LogP contribution in [0.5, 0.6) is 0 Å². The Morgan fingerprint density at radius 3 is 2.33 bits per heavy atom. The smallest absolute Gasteiger partial charge is 0.255 e. The number of piperidine rings is 3. The van der Waals surface area contributed by atoms with Crippen LogP contribution in [0.2, 0.25) is 5.02 Å². The molecular formula is C35H40ClN7O3. The van der Waals surface area contributed by atoms with Crippen molar-refractivity contribution in [2.45, 2.75) is 76.0 Å². The van der Waals surface area contributed by atoms with Crippen LogP contribution in [0, 0.1) is 0 Å². The molecule has 5 heterocycles. The fourth-order valence-corrected chi connectivity index (χ4v) is 7.64. The summed E-state index contributed by atoms with van der Waals surface area (Å²) >= 11 is 5.90. The van der Waals surface area contributed by atoms with Crippen LogP contribution in [0.25, 0.3) is 0 Å². The maximum atomic E-state index is 13.3. The number of benzene rings is 2. The van der Waals surface area contributed by atoms with E-state index in [-0.39, 0.29) is 30.2 Å². The number of nitrogens with one attached hydrogen (secondary N) is 2. The monoisotopic (exact) mass is 641 g/mol. The maximum Gasteiger partial charge on any atom is 0.255 e. The summed E-state index contributed by atoms with van der Waals surface area (Å²) in [6.45, 7) is 6.96. The largest absolute Gasteiger partial charge is 0.371 e. The molecule has 2 N–H and O–H groups in total. The van der Waals surface area contributed by atoms with Gasteiger partial charge in [-0.3, -0.25) is 24.6 Å². The van der Waals surface area contributed by atoms with Crippen molar-refractivity contribution in [3.63, 3.8) is 0 Å². The third-order valence-electron chi connectivity index (χ3n) is 10.2. The summed E-state index contributed by atoms with van der Waals surface area (Å²) < 4.78 is 0. The number of fused-ring (bicyclic) bond motifs is 1. The Morgan fingerprint density at radius 1 is 0.913 bits per heavy atom. The second-order valence-corrected chi connectivity index (χ2v) is 13.5. The molecule has 0 aliphatic carbocycles. The highest BCUT2D eigenvalue weighted by atomic mass is 35.5. The Kier molecular flexibility index (Phi) is 8.66. The number of halogens is 1. The van der Waals surface area contributed by atoms with E-state index in [0.29, 0.717) is 34.9 Å². The van der Waals surface area contributed by atoms with Gasteiger partial charge in [0.15, 0.2) is 0 Å². The van der Waals surface area contributed by atoms with Gasteiger partial charge in [-0.15, -0.1) is 0 Å². The van der Waals surface area contributed by atoms with Gasteiger partial charge in [-0.2, -0.15) is 0 Å². The predicted octanol–water partition coefficient (Wildman–Crippen LogP) is 4.91. The first-order chi connectivity index (χ1) is 22.3. The average molecular weight is 642 g/mol. The molecule has 0 bridgehead atoms. The molecule has 0 unspecified atom stereocenters. The molecule has 4 aliphatic rings. The van der Waals surface area contributed by atoms with Crippen LogP contribution >= 0.6 is 11.6 Å². The molecule has 3 aromatic rings. The summed E-state index contributed by atoms with van der Waals surface area (Å²) in [7, 11) is 0.